The Kier molecular flexibility index (Phi) is 3.45. The van der Waals surface area contributed by atoms with E-state index in [1.807, 2.05) is 12.1 Å². The lowest BCUT2D eigenvalue weighted by atomic mass is 9.75. The van der Waals surface area contributed by atoms with E-state index in [0.29, 0.717) is 12.1 Å². The average molecular weight is 162 g/mol. The quantitative estimate of drug-likeness (QED) is 0.636. The molecule has 1 heterocycles. The van der Waals surface area contributed by atoms with Gasteiger partial charge in [0.15, 0.2) is 5.78 Å². The highest BCUT2D eigenvalue weighted by atomic mass is 16.1. The number of hydrogen-bond donors (Lipinski definition) is 0. The molecule has 1 rings (SSSR count). The summed E-state index contributed by atoms with van der Waals surface area (Å²) in [5.74, 6) is 0.150. The number of rotatable bonds is 4. The highest BCUT2D eigenvalue weighted by Crippen LogP contribution is 2.02. The number of aromatic nitrogens is 1. The van der Waals surface area contributed by atoms with Crippen molar-refractivity contribution in [2.24, 2.45) is 0 Å². The highest BCUT2D eigenvalue weighted by molar-refractivity contribution is 5.94. The Balaban J connectivity index is 2.54. The van der Waals surface area contributed by atoms with Gasteiger partial charge in [0.1, 0.15) is 5.69 Å². The predicted octanol–water partition coefficient (Wildman–Crippen LogP) is 2.45. The molecule has 0 unspecified atom stereocenters. The van der Waals surface area contributed by atoms with Crippen molar-refractivity contribution < 1.29 is 4.79 Å². The molecule has 2 heteroatoms. The van der Waals surface area contributed by atoms with Crippen LogP contribution >= 0.6 is 0 Å². The SMILES string of the molecule is CCCC[11C](=O)c1ccccn1. The van der Waals surface area contributed by atoms with E-state index in [2.05, 4.69) is 11.9 Å². The van der Waals surface area contributed by atoms with Crippen molar-refractivity contribution >= 4 is 5.78 Å². The molecule has 0 aliphatic rings. The summed E-state index contributed by atoms with van der Waals surface area (Å²) in [6.07, 6.45) is 4.28. The van der Waals surface area contributed by atoms with Crippen molar-refractivity contribution in [2.45, 2.75) is 26.2 Å². The van der Waals surface area contributed by atoms with E-state index >= 15 is 0 Å². The molecule has 0 spiro atoms. The van der Waals surface area contributed by atoms with Gasteiger partial charge in [0.2, 0.25) is 0 Å². The average Bonchev–Trinajstić information content (AvgIpc) is 2.15. The fourth-order valence-corrected chi connectivity index (χ4v) is 0.993. The summed E-state index contributed by atoms with van der Waals surface area (Å²) < 4.78 is 0. The van der Waals surface area contributed by atoms with Crippen LogP contribution in [0.2, 0.25) is 0 Å². The Labute approximate surface area is 72.6 Å². The number of Topliss-reactive ketones (excluding diaryl/α,β-unsaturated/α-hetero) is 1. The standard InChI is InChI=1S/C10H13NO/c1-2-3-7-10(12)9-6-4-5-8-11-9/h4-6,8H,2-3,7H2,1H3/i10-1. The first-order valence-electron chi connectivity index (χ1n) is 4.29. The summed E-state index contributed by atoms with van der Waals surface area (Å²) in [7, 11) is 0. The van der Waals surface area contributed by atoms with E-state index < -0.39 is 0 Å². The Hall–Kier alpha value is -1.18. The van der Waals surface area contributed by atoms with Gasteiger partial charge in [-0.05, 0) is 18.6 Å². The summed E-state index contributed by atoms with van der Waals surface area (Å²) in [6, 6.07) is 5.42. The van der Waals surface area contributed by atoms with Crippen LogP contribution in [0, 0.1) is 0 Å². The van der Waals surface area contributed by atoms with E-state index in [1.165, 1.54) is 0 Å². The maximum Gasteiger partial charge on any atom is 0.181 e. The van der Waals surface area contributed by atoms with Crippen molar-refractivity contribution in [1.82, 2.24) is 4.98 Å². The van der Waals surface area contributed by atoms with Gasteiger partial charge in [-0.1, -0.05) is 19.4 Å². The maximum absolute atomic E-state index is 11.3. The molecule has 0 saturated heterocycles. The van der Waals surface area contributed by atoms with Crippen LogP contribution in [0.1, 0.15) is 36.7 Å². The number of carbonyl (C=O) groups is 1. The molecule has 64 valence electrons. The second-order valence-corrected chi connectivity index (χ2v) is 2.74. The van der Waals surface area contributed by atoms with E-state index in [0.717, 1.165) is 12.8 Å². The van der Waals surface area contributed by atoms with Gasteiger partial charge >= 0.3 is 0 Å². The van der Waals surface area contributed by atoms with Crippen LogP contribution in [0.5, 0.6) is 0 Å². The van der Waals surface area contributed by atoms with Crippen LogP contribution in [0.3, 0.4) is 0 Å². The maximum atomic E-state index is 11.3. The minimum atomic E-state index is 0.150. The third-order valence-corrected chi connectivity index (χ3v) is 1.71. The summed E-state index contributed by atoms with van der Waals surface area (Å²) in [5.41, 5.74) is 0.589. The van der Waals surface area contributed by atoms with Gasteiger partial charge in [-0.15, -0.1) is 0 Å². The smallest absolute Gasteiger partial charge is 0.181 e. The molecule has 12 heavy (non-hydrogen) atoms. The third-order valence-electron chi connectivity index (χ3n) is 1.71. The second-order valence-electron chi connectivity index (χ2n) is 2.74. The number of unbranched alkanes of at least 4 members (excludes halogenated alkanes) is 1. The largest absolute Gasteiger partial charge is 0.292 e. The summed E-state index contributed by atoms with van der Waals surface area (Å²) in [6.45, 7) is 2.08. The molecule has 0 aliphatic heterocycles. The van der Waals surface area contributed by atoms with Crippen molar-refractivity contribution in [3.63, 3.8) is 0 Å². The normalized spacial score (nSPS) is 9.75. The molecule has 0 fully saturated rings. The van der Waals surface area contributed by atoms with Crippen LogP contribution < -0.4 is 0 Å². The zero-order chi connectivity index (χ0) is 8.81. The summed E-state index contributed by atoms with van der Waals surface area (Å²) in [4.78, 5) is 15.3. The van der Waals surface area contributed by atoms with E-state index in [9.17, 15) is 4.79 Å². The van der Waals surface area contributed by atoms with E-state index in [-0.39, 0.29) is 5.78 Å². The monoisotopic (exact) mass is 162 g/mol. The number of nitrogens with zero attached hydrogens (tertiary/aromatic N) is 1. The Bertz CT molecular complexity index is 243. The van der Waals surface area contributed by atoms with Crippen molar-refractivity contribution in [3.8, 4) is 0 Å². The molecule has 1 aromatic heterocycles. The van der Waals surface area contributed by atoms with Crippen LogP contribution in [0.4, 0.5) is 0 Å². The molecular weight excluding hydrogens is 149 g/mol. The molecule has 0 atom stereocenters. The van der Waals surface area contributed by atoms with Crippen LogP contribution in [-0.4, -0.2) is 10.8 Å². The molecule has 0 saturated carbocycles. The fourth-order valence-electron chi connectivity index (χ4n) is 0.993. The zero-order valence-electron chi connectivity index (χ0n) is 7.29. The van der Waals surface area contributed by atoms with Crippen LogP contribution in [0.15, 0.2) is 24.4 Å². The minimum absolute atomic E-state index is 0.150. The van der Waals surface area contributed by atoms with Gasteiger partial charge in [-0.25, -0.2) is 0 Å². The first-order valence-corrected chi connectivity index (χ1v) is 4.29. The van der Waals surface area contributed by atoms with Crippen LogP contribution in [-0.2, 0) is 0 Å². The first kappa shape index (κ1) is 8.91. The number of hydrogen-bond acceptors (Lipinski definition) is 2. The van der Waals surface area contributed by atoms with Gasteiger partial charge in [0.05, 0.1) is 0 Å². The lowest BCUT2D eigenvalue weighted by Gasteiger charge is -1.96. The lowest BCUT2D eigenvalue weighted by Crippen LogP contribution is -2.00. The predicted molar refractivity (Wildman–Crippen MR) is 48.1 cm³/mol. The zero-order valence-corrected chi connectivity index (χ0v) is 7.29. The van der Waals surface area contributed by atoms with E-state index in [1.54, 1.807) is 12.3 Å². The van der Waals surface area contributed by atoms with Gasteiger partial charge in [-0.2, -0.15) is 0 Å². The van der Waals surface area contributed by atoms with Gasteiger partial charge in [0, 0.05) is 12.6 Å². The molecule has 1 aromatic rings. The van der Waals surface area contributed by atoms with Gasteiger partial charge in [0.25, 0.3) is 0 Å². The first-order chi connectivity index (χ1) is 5.84. The molecular formula is C10H13NO. The van der Waals surface area contributed by atoms with Crippen molar-refractivity contribution in [3.05, 3.63) is 30.1 Å². The Morgan fingerprint density at radius 3 is 2.92 bits per heavy atom. The molecule has 0 aromatic carbocycles. The lowest BCUT2D eigenvalue weighted by molar-refractivity contribution is 0.0975. The molecule has 2 nitrogen and oxygen atoms in total. The van der Waals surface area contributed by atoms with Crippen molar-refractivity contribution in [1.29, 1.82) is 0 Å². The molecule has 0 amide bonds. The molecule has 0 N–H and O–H groups in total. The van der Waals surface area contributed by atoms with E-state index in [4.69, 9.17) is 0 Å². The Morgan fingerprint density at radius 2 is 2.33 bits per heavy atom. The molecule has 0 bridgehead atoms. The topological polar surface area (TPSA) is 30.0 Å². The molecule has 0 radical (unpaired) electrons. The third kappa shape index (κ3) is 2.46. The van der Waals surface area contributed by atoms with Crippen molar-refractivity contribution in [2.75, 3.05) is 0 Å². The molecule has 0 aliphatic carbocycles. The fraction of sp³-hybridized carbons (Fsp3) is 0.400. The second kappa shape index (κ2) is 4.65. The number of pyridine rings is 1. The number of carbonyl (C=O) groups excluding carboxylic acids is 1. The van der Waals surface area contributed by atoms with Gasteiger partial charge in [-0.3, -0.25) is 9.78 Å². The summed E-state index contributed by atoms with van der Waals surface area (Å²) >= 11 is 0. The van der Waals surface area contributed by atoms with Gasteiger partial charge < -0.3 is 0 Å². The highest BCUT2D eigenvalue weighted by Gasteiger charge is 2.04. The number of ketones is 1. The summed E-state index contributed by atoms with van der Waals surface area (Å²) in [5, 5.41) is 0. The minimum Gasteiger partial charge on any atom is -0.292 e. The van der Waals surface area contributed by atoms with Crippen LogP contribution in [0.25, 0.3) is 0 Å². The Morgan fingerprint density at radius 1 is 1.50 bits per heavy atom.